The summed E-state index contributed by atoms with van der Waals surface area (Å²) in [6, 6.07) is 4.59. The van der Waals surface area contributed by atoms with Crippen molar-refractivity contribution in [3.05, 3.63) is 29.3 Å². The van der Waals surface area contributed by atoms with E-state index in [2.05, 4.69) is 0 Å². The van der Waals surface area contributed by atoms with Crippen molar-refractivity contribution in [2.24, 2.45) is 0 Å². The summed E-state index contributed by atoms with van der Waals surface area (Å²) in [5.74, 6) is -0.688. The van der Waals surface area contributed by atoms with E-state index in [4.69, 9.17) is 5.73 Å². The Morgan fingerprint density at radius 2 is 2.00 bits per heavy atom. The highest BCUT2D eigenvalue weighted by Crippen LogP contribution is 2.20. The zero-order valence-corrected chi connectivity index (χ0v) is 9.51. The number of nitrogens with zero attached hydrogens (tertiary/aromatic N) is 1. The van der Waals surface area contributed by atoms with Gasteiger partial charge < -0.3 is 10.6 Å². The molecule has 6 heteroatoms. The fourth-order valence-electron chi connectivity index (χ4n) is 1.43. The molecule has 0 unspecified atom stereocenters. The van der Waals surface area contributed by atoms with Crippen LogP contribution in [0, 0.1) is 6.92 Å². The number of amides is 1. The molecule has 1 aromatic rings. The summed E-state index contributed by atoms with van der Waals surface area (Å²) in [5.41, 5.74) is 6.66. The highest BCUT2D eigenvalue weighted by Gasteiger charge is 2.31. The summed E-state index contributed by atoms with van der Waals surface area (Å²) in [7, 11) is 1.11. The normalized spacial score (nSPS) is 11.4. The second-order valence-corrected chi connectivity index (χ2v) is 3.80. The maximum absolute atomic E-state index is 12.1. The lowest BCUT2D eigenvalue weighted by Crippen LogP contribution is -2.36. The lowest BCUT2D eigenvalue weighted by Gasteiger charge is -2.20. The van der Waals surface area contributed by atoms with Crippen LogP contribution >= 0.6 is 0 Å². The molecule has 0 aliphatic heterocycles. The Bertz CT molecular complexity index is 429. The number of nitrogen functional groups attached to an aromatic ring is 1. The largest absolute Gasteiger partial charge is 0.406 e. The van der Waals surface area contributed by atoms with E-state index in [1.54, 1.807) is 13.0 Å². The molecule has 0 saturated carbocycles. The monoisotopic (exact) mass is 246 g/mol. The number of benzene rings is 1. The fourth-order valence-corrected chi connectivity index (χ4v) is 1.43. The summed E-state index contributed by atoms with van der Waals surface area (Å²) in [6.45, 7) is 0.323. The van der Waals surface area contributed by atoms with Gasteiger partial charge in [0.05, 0.1) is 0 Å². The number of hydrogen-bond acceptors (Lipinski definition) is 2. The molecule has 1 aromatic carbocycles. The van der Waals surface area contributed by atoms with Crippen LogP contribution in [0.4, 0.5) is 18.9 Å². The van der Waals surface area contributed by atoms with Gasteiger partial charge in [-0.05, 0) is 24.6 Å². The molecule has 17 heavy (non-hydrogen) atoms. The molecule has 0 atom stereocenters. The van der Waals surface area contributed by atoms with Crippen molar-refractivity contribution < 1.29 is 18.0 Å². The topological polar surface area (TPSA) is 46.3 Å². The van der Waals surface area contributed by atoms with E-state index in [0.717, 1.165) is 7.05 Å². The molecule has 0 spiro atoms. The van der Waals surface area contributed by atoms with Gasteiger partial charge in [0.25, 0.3) is 5.91 Å². The third-order valence-corrected chi connectivity index (χ3v) is 2.37. The van der Waals surface area contributed by atoms with Crippen molar-refractivity contribution in [3.8, 4) is 0 Å². The van der Waals surface area contributed by atoms with Gasteiger partial charge in [0.1, 0.15) is 6.54 Å². The van der Waals surface area contributed by atoms with E-state index < -0.39 is 18.6 Å². The van der Waals surface area contributed by atoms with E-state index in [1.807, 2.05) is 0 Å². The Morgan fingerprint density at radius 3 is 2.53 bits per heavy atom. The van der Waals surface area contributed by atoms with Gasteiger partial charge >= 0.3 is 6.18 Å². The van der Waals surface area contributed by atoms with E-state index in [9.17, 15) is 18.0 Å². The maximum atomic E-state index is 12.1. The highest BCUT2D eigenvalue weighted by atomic mass is 19.4. The van der Waals surface area contributed by atoms with Crippen molar-refractivity contribution in [2.45, 2.75) is 13.1 Å². The molecule has 3 nitrogen and oxygen atoms in total. The van der Waals surface area contributed by atoms with Gasteiger partial charge in [-0.3, -0.25) is 4.79 Å². The van der Waals surface area contributed by atoms with Crippen LogP contribution in [-0.4, -0.2) is 30.6 Å². The van der Waals surface area contributed by atoms with Crippen LogP contribution in [-0.2, 0) is 0 Å². The van der Waals surface area contributed by atoms with Crippen LogP contribution in [0.15, 0.2) is 18.2 Å². The van der Waals surface area contributed by atoms with Gasteiger partial charge in [-0.2, -0.15) is 13.2 Å². The fraction of sp³-hybridized carbons (Fsp3) is 0.364. The third kappa shape index (κ3) is 3.37. The van der Waals surface area contributed by atoms with Crippen molar-refractivity contribution in [2.75, 3.05) is 19.3 Å². The number of hydrogen-bond donors (Lipinski definition) is 1. The summed E-state index contributed by atoms with van der Waals surface area (Å²) in [6.07, 6.45) is -4.40. The van der Waals surface area contributed by atoms with Crippen molar-refractivity contribution in [3.63, 3.8) is 0 Å². The molecule has 0 fully saturated rings. The zero-order valence-electron chi connectivity index (χ0n) is 9.51. The highest BCUT2D eigenvalue weighted by molar-refractivity contribution is 5.96. The van der Waals surface area contributed by atoms with Crippen LogP contribution < -0.4 is 5.73 Å². The first-order valence-electron chi connectivity index (χ1n) is 4.89. The molecule has 2 N–H and O–H groups in total. The predicted octanol–water partition coefficient (Wildman–Crippen LogP) is 2.21. The van der Waals surface area contributed by atoms with Crippen molar-refractivity contribution in [1.82, 2.24) is 4.90 Å². The molecule has 94 valence electrons. The van der Waals surface area contributed by atoms with Crippen LogP contribution in [0.2, 0.25) is 0 Å². The minimum absolute atomic E-state index is 0.191. The first kappa shape index (κ1) is 13.3. The quantitative estimate of drug-likeness (QED) is 0.813. The van der Waals surface area contributed by atoms with E-state index in [0.29, 0.717) is 16.2 Å². The Morgan fingerprint density at radius 1 is 1.41 bits per heavy atom. The van der Waals surface area contributed by atoms with Crippen LogP contribution in [0.25, 0.3) is 0 Å². The molecule has 0 aromatic heterocycles. The smallest absolute Gasteiger partial charge is 0.398 e. The SMILES string of the molecule is Cc1c(N)cccc1C(=O)N(C)CC(F)(F)F. The Hall–Kier alpha value is -1.72. The Kier molecular flexibility index (Phi) is 3.65. The van der Waals surface area contributed by atoms with Crippen LogP contribution in [0.5, 0.6) is 0 Å². The number of carbonyl (C=O) groups excluding carboxylic acids is 1. The predicted molar refractivity (Wildman–Crippen MR) is 58.6 cm³/mol. The molecule has 1 amide bonds. The molecular formula is C11H13F3N2O. The molecule has 0 radical (unpaired) electrons. The Labute approximate surface area is 97.0 Å². The first-order valence-corrected chi connectivity index (χ1v) is 4.89. The number of nitrogens with two attached hydrogens (primary N) is 1. The van der Waals surface area contributed by atoms with Gasteiger partial charge in [0, 0.05) is 18.3 Å². The number of rotatable bonds is 2. The summed E-state index contributed by atoms with van der Waals surface area (Å²) >= 11 is 0. The average molecular weight is 246 g/mol. The molecule has 0 heterocycles. The minimum atomic E-state index is -4.40. The van der Waals surface area contributed by atoms with Gasteiger partial charge in [-0.25, -0.2) is 0 Å². The first-order chi connectivity index (χ1) is 7.72. The molecule has 1 rings (SSSR count). The third-order valence-electron chi connectivity index (χ3n) is 2.37. The molecule has 0 saturated heterocycles. The number of anilines is 1. The van der Waals surface area contributed by atoms with Gasteiger partial charge in [-0.1, -0.05) is 6.07 Å². The second kappa shape index (κ2) is 4.65. The summed E-state index contributed by atoms with van der Waals surface area (Å²) in [4.78, 5) is 12.4. The zero-order chi connectivity index (χ0) is 13.2. The van der Waals surface area contributed by atoms with Crippen LogP contribution in [0.3, 0.4) is 0 Å². The lowest BCUT2D eigenvalue weighted by molar-refractivity contribution is -0.138. The number of halogens is 3. The minimum Gasteiger partial charge on any atom is -0.398 e. The second-order valence-electron chi connectivity index (χ2n) is 3.80. The van der Waals surface area contributed by atoms with E-state index in [1.165, 1.54) is 12.1 Å². The average Bonchev–Trinajstić information content (AvgIpc) is 2.18. The van der Waals surface area contributed by atoms with Crippen LogP contribution in [0.1, 0.15) is 15.9 Å². The van der Waals surface area contributed by atoms with E-state index >= 15 is 0 Å². The van der Waals surface area contributed by atoms with Gasteiger partial charge in [0.2, 0.25) is 0 Å². The van der Waals surface area contributed by atoms with Gasteiger partial charge in [-0.15, -0.1) is 0 Å². The summed E-state index contributed by atoms with van der Waals surface area (Å²) in [5, 5.41) is 0. The van der Waals surface area contributed by atoms with Crippen molar-refractivity contribution in [1.29, 1.82) is 0 Å². The molecular weight excluding hydrogens is 233 g/mol. The molecule has 0 aliphatic rings. The molecule has 0 bridgehead atoms. The van der Waals surface area contributed by atoms with E-state index in [-0.39, 0.29) is 5.56 Å². The lowest BCUT2D eigenvalue weighted by atomic mass is 10.1. The number of alkyl halides is 3. The number of carbonyl (C=O) groups is 1. The molecule has 0 aliphatic carbocycles. The summed E-state index contributed by atoms with van der Waals surface area (Å²) < 4.78 is 36.4. The standard InChI is InChI=1S/C11H13F3N2O/c1-7-8(4-3-5-9(7)15)10(17)16(2)6-11(12,13)14/h3-5H,6,15H2,1-2H3. The maximum Gasteiger partial charge on any atom is 0.406 e. The van der Waals surface area contributed by atoms with Gasteiger partial charge in [0.15, 0.2) is 0 Å². The van der Waals surface area contributed by atoms with Crippen molar-refractivity contribution >= 4 is 11.6 Å². The Balaban J connectivity index is 2.93.